The second-order valence-electron chi connectivity index (χ2n) is 8.51. The Kier molecular flexibility index (Phi) is 7.05. The molecule has 0 aliphatic carbocycles. The second kappa shape index (κ2) is 10.1. The van der Waals surface area contributed by atoms with Crippen LogP contribution in [0.2, 0.25) is 0 Å². The van der Waals surface area contributed by atoms with Gasteiger partial charge in [-0.2, -0.15) is 0 Å². The Bertz CT molecular complexity index is 1220. The van der Waals surface area contributed by atoms with E-state index in [2.05, 4.69) is 83.3 Å². The van der Waals surface area contributed by atoms with Gasteiger partial charge in [0.15, 0.2) is 5.65 Å². The highest BCUT2D eigenvalue weighted by Gasteiger charge is 2.16. The number of nitrogens with one attached hydrogen (secondary N) is 1. The van der Waals surface area contributed by atoms with Crippen molar-refractivity contribution in [2.24, 2.45) is 5.92 Å². The molecule has 0 spiro atoms. The highest BCUT2D eigenvalue weighted by Crippen LogP contribution is 2.29. The molecule has 0 atom stereocenters. The number of rotatable bonds is 9. The Hall–Kier alpha value is -2.93. The monoisotopic (exact) mass is 447 g/mol. The molecule has 32 heavy (non-hydrogen) atoms. The average molecular weight is 448 g/mol. The number of amides is 1. The number of nitrogens with zero attached hydrogens (tertiary/aromatic N) is 4. The molecule has 6 nitrogen and oxygen atoms in total. The van der Waals surface area contributed by atoms with Crippen molar-refractivity contribution in [1.29, 1.82) is 0 Å². The summed E-state index contributed by atoms with van der Waals surface area (Å²) in [7, 11) is 0. The molecule has 2 aromatic heterocycles. The molecule has 2 heterocycles. The maximum Gasteiger partial charge on any atom is 0.220 e. The van der Waals surface area contributed by atoms with Gasteiger partial charge >= 0.3 is 0 Å². The summed E-state index contributed by atoms with van der Waals surface area (Å²) in [4.78, 5) is 16.8. The second-order valence-corrected chi connectivity index (χ2v) is 9.57. The van der Waals surface area contributed by atoms with Crippen LogP contribution in [0.4, 0.5) is 0 Å². The summed E-state index contributed by atoms with van der Waals surface area (Å²) < 4.78 is 2.22. The van der Waals surface area contributed by atoms with E-state index in [1.807, 2.05) is 6.07 Å². The molecule has 0 fully saturated rings. The molecule has 0 saturated heterocycles. The van der Waals surface area contributed by atoms with Gasteiger partial charge in [-0.3, -0.25) is 4.79 Å². The molecule has 0 unspecified atom stereocenters. The summed E-state index contributed by atoms with van der Waals surface area (Å²) >= 11 is 1.55. The van der Waals surface area contributed by atoms with Gasteiger partial charge < -0.3 is 9.88 Å². The highest BCUT2D eigenvalue weighted by molar-refractivity contribution is 7.99. The van der Waals surface area contributed by atoms with Crippen molar-refractivity contribution >= 4 is 39.7 Å². The molecule has 1 N–H and O–H groups in total. The van der Waals surface area contributed by atoms with E-state index in [0.717, 1.165) is 47.3 Å². The Morgan fingerprint density at radius 1 is 1.12 bits per heavy atom. The van der Waals surface area contributed by atoms with Crippen molar-refractivity contribution in [3.8, 4) is 0 Å². The summed E-state index contributed by atoms with van der Waals surface area (Å²) in [6, 6.07) is 16.8. The number of thioether (sulfide) groups is 1. The summed E-state index contributed by atoms with van der Waals surface area (Å²) in [5.74, 6) is 1.35. The lowest BCUT2D eigenvalue weighted by Crippen LogP contribution is -2.27. The first-order chi connectivity index (χ1) is 15.5. The van der Waals surface area contributed by atoms with Crippen molar-refractivity contribution in [2.75, 3.05) is 12.3 Å². The van der Waals surface area contributed by atoms with Crippen LogP contribution in [0.5, 0.6) is 0 Å². The predicted octanol–water partition coefficient (Wildman–Crippen LogP) is 4.98. The number of benzene rings is 2. The first-order valence-electron chi connectivity index (χ1n) is 11.1. The van der Waals surface area contributed by atoms with Gasteiger partial charge in [-0.15, -0.1) is 10.2 Å². The van der Waals surface area contributed by atoms with Gasteiger partial charge in [0.05, 0.1) is 5.52 Å². The van der Waals surface area contributed by atoms with Gasteiger partial charge in [0, 0.05) is 30.6 Å². The number of carbonyl (C=O) groups is 1. The van der Waals surface area contributed by atoms with Gasteiger partial charge in [0.2, 0.25) is 11.1 Å². The van der Waals surface area contributed by atoms with Crippen LogP contribution in [-0.2, 0) is 11.3 Å². The summed E-state index contributed by atoms with van der Waals surface area (Å²) in [6.07, 6.45) is 1.30. The minimum atomic E-state index is 0.104. The van der Waals surface area contributed by atoms with Crippen molar-refractivity contribution in [1.82, 2.24) is 25.1 Å². The average Bonchev–Trinajstić information content (AvgIpc) is 3.08. The lowest BCUT2D eigenvalue weighted by molar-refractivity contribution is -0.121. The molecule has 0 bridgehead atoms. The molecular formula is C25H29N5OS. The molecule has 0 aliphatic rings. The SMILES string of the molecule is Cc1ccc2c(c1)c1nnc(SCCCC(=O)NCC(C)C)nc1n2Cc1ccccc1. The fraction of sp³-hybridized carbons (Fsp3) is 0.360. The fourth-order valence-electron chi connectivity index (χ4n) is 3.64. The van der Waals surface area contributed by atoms with Crippen molar-refractivity contribution in [3.63, 3.8) is 0 Å². The van der Waals surface area contributed by atoms with E-state index >= 15 is 0 Å². The van der Waals surface area contributed by atoms with Crippen molar-refractivity contribution in [2.45, 2.75) is 45.3 Å². The van der Waals surface area contributed by atoms with E-state index in [0.29, 0.717) is 17.5 Å². The van der Waals surface area contributed by atoms with Crippen LogP contribution in [0.15, 0.2) is 53.7 Å². The number of aromatic nitrogens is 4. The first-order valence-corrected chi connectivity index (χ1v) is 12.1. The standard InChI is InChI=1S/C25H29N5OS/c1-17(2)15-26-22(31)10-7-13-32-25-27-24-23(28-29-25)20-14-18(3)11-12-21(20)30(24)16-19-8-5-4-6-9-19/h4-6,8-9,11-12,14,17H,7,10,13,15-16H2,1-3H3,(H,26,31). The molecule has 0 radical (unpaired) electrons. The quantitative estimate of drug-likeness (QED) is 0.289. The molecule has 166 valence electrons. The van der Waals surface area contributed by atoms with E-state index in [1.165, 1.54) is 11.1 Å². The zero-order chi connectivity index (χ0) is 22.5. The lowest BCUT2D eigenvalue weighted by atomic mass is 10.1. The minimum Gasteiger partial charge on any atom is -0.356 e. The number of aryl methyl sites for hydroxylation is 1. The third kappa shape index (κ3) is 5.27. The summed E-state index contributed by atoms with van der Waals surface area (Å²) in [5, 5.41) is 13.6. The summed E-state index contributed by atoms with van der Waals surface area (Å²) in [6.45, 7) is 7.72. The number of carbonyl (C=O) groups excluding carboxylic acids is 1. The first kappa shape index (κ1) is 22.3. The van der Waals surface area contributed by atoms with Gasteiger partial charge in [0.1, 0.15) is 5.52 Å². The molecule has 4 aromatic rings. The molecule has 0 aliphatic heterocycles. The van der Waals surface area contributed by atoms with Crippen LogP contribution < -0.4 is 5.32 Å². The third-order valence-corrected chi connectivity index (χ3v) is 6.20. The van der Waals surface area contributed by atoms with Crippen LogP contribution in [0.1, 0.15) is 37.8 Å². The smallest absolute Gasteiger partial charge is 0.220 e. The Morgan fingerprint density at radius 2 is 1.94 bits per heavy atom. The maximum atomic E-state index is 11.9. The van der Waals surface area contributed by atoms with Gasteiger partial charge in [-0.1, -0.05) is 67.6 Å². The van der Waals surface area contributed by atoms with Crippen LogP contribution in [0.25, 0.3) is 22.1 Å². The summed E-state index contributed by atoms with van der Waals surface area (Å²) in [5.41, 5.74) is 5.19. The van der Waals surface area contributed by atoms with E-state index < -0.39 is 0 Å². The zero-order valence-corrected chi connectivity index (χ0v) is 19.7. The van der Waals surface area contributed by atoms with Gasteiger partial charge in [-0.05, 0) is 37.0 Å². The van der Waals surface area contributed by atoms with Gasteiger partial charge in [-0.25, -0.2) is 4.98 Å². The van der Waals surface area contributed by atoms with Crippen LogP contribution in [0, 0.1) is 12.8 Å². The van der Waals surface area contributed by atoms with Crippen LogP contribution >= 0.6 is 11.8 Å². The Morgan fingerprint density at radius 3 is 2.72 bits per heavy atom. The van der Waals surface area contributed by atoms with E-state index in [9.17, 15) is 4.79 Å². The topological polar surface area (TPSA) is 72.7 Å². The molecule has 2 aromatic carbocycles. The van der Waals surface area contributed by atoms with Crippen LogP contribution in [-0.4, -0.2) is 38.0 Å². The largest absolute Gasteiger partial charge is 0.356 e. The maximum absolute atomic E-state index is 11.9. The third-order valence-electron chi connectivity index (χ3n) is 5.27. The van der Waals surface area contributed by atoms with E-state index in [1.54, 1.807) is 11.8 Å². The Balaban J connectivity index is 1.54. The number of hydrogen-bond acceptors (Lipinski definition) is 5. The van der Waals surface area contributed by atoms with E-state index in [-0.39, 0.29) is 5.91 Å². The van der Waals surface area contributed by atoms with Crippen molar-refractivity contribution < 1.29 is 4.79 Å². The van der Waals surface area contributed by atoms with Crippen molar-refractivity contribution in [3.05, 3.63) is 59.7 Å². The fourth-order valence-corrected chi connectivity index (χ4v) is 4.37. The predicted molar refractivity (Wildman–Crippen MR) is 131 cm³/mol. The normalized spacial score (nSPS) is 11.5. The minimum absolute atomic E-state index is 0.104. The molecular weight excluding hydrogens is 418 g/mol. The lowest BCUT2D eigenvalue weighted by Gasteiger charge is -2.08. The molecule has 0 saturated carbocycles. The highest BCUT2D eigenvalue weighted by atomic mass is 32.2. The molecule has 1 amide bonds. The zero-order valence-electron chi connectivity index (χ0n) is 18.8. The van der Waals surface area contributed by atoms with Crippen LogP contribution in [0.3, 0.4) is 0 Å². The van der Waals surface area contributed by atoms with E-state index in [4.69, 9.17) is 4.98 Å². The molecule has 7 heteroatoms. The number of hydrogen-bond donors (Lipinski definition) is 1. The number of fused-ring (bicyclic) bond motifs is 3. The molecule has 4 rings (SSSR count). The Labute approximate surface area is 192 Å². The van der Waals surface area contributed by atoms with Gasteiger partial charge in [0.25, 0.3) is 0 Å².